The lowest BCUT2D eigenvalue weighted by molar-refractivity contribution is 0.0938. The largest absolute Gasteiger partial charge is 0.489 e. The van der Waals surface area contributed by atoms with Crippen LogP contribution in [-0.4, -0.2) is 20.7 Å². The van der Waals surface area contributed by atoms with Gasteiger partial charge in [-0.05, 0) is 49.7 Å². The van der Waals surface area contributed by atoms with E-state index in [9.17, 15) is 4.79 Å². The maximum atomic E-state index is 12.7. The molecule has 5 nitrogen and oxygen atoms in total. The van der Waals surface area contributed by atoms with Gasteiger partial charge in [-0.3, -0.25) is 4.79 Å². The van der Waals surface area contributed by atoms with Gasteiger partial charge in [0.05, 0.1) is 5.69 Å². The van der Waals surface area contributed by atoms with Crippen molar-refractivity contribution in [3.05, 3.63) is 83.3 Å². The van der Waals surface area contributed by atoms with E-state index in [4.69, 9.17) is 4.74 Å². The van der Waals surface area contributed by atoms with Crippen molar-refractivity contribution >= 4 is 16.8 Å². The fourth-order valence-electron chi connectivity index (χ4n) is 3.01. The van der Waals surface area contributed by atoms with Gasteiger partial charge in [0, 0.05) is 16.6 Å². The fraction of sp³-hybridized carbons (Fsp3) is 0.143. The summed E-state index contributed by atoms with van der Waals surface area (Å²) in [5.74, 6) is 0.601. The summed E-state index contributed by atoms with van der Waals surface area (Å²) in [6, 6.07) is 19.5. The van der Waals surface area contributed by atoms with E-state index in [0.29, 0.717) is 12.3 Å². The molecule has 4 aromatic rings. The van der Waals surface area contributed by atoms with Crippen molar-refractivity contribution in [2.75, 3.05) is 0 Å². The Morgan fingerprint density at radius 1 is 1.08 bits per heavy atom. The summed E-state index contributed by atoms with van der Waals surface area (Å²) in [5.41, 5.74) is 4.15. The standard InChI is InChI=1S/C21H19N3O2/c1-14-10-15(2)24(23-14)21(25)20-12-17-11-18(8-9-19(17)22-20)26-13-16-6-4-3-5-7-16/h3-12,22H,13H2,1-2H3. The minimum Gasteiger partial charge on any atom is -0.489 e. The zero-order chi connectivity index (χ0) is 18.1. The summed E-state index contributed by atoms with van der Waals surface area (Å²) >= 11 is 0. The Bertz CT molecular complexity index is 1080. The van der Waals surface area contributed by atoms with Crippen LogP contribution in [0, 0.1) is 13.8 Å². The Hall–Kier alpha value is -3.34. The van der Waals surface area contributed by atoms with E-state index < -0.39 is 0 Å². The molecule has 0 fully saturated rings. The van der Waals surface area contributed by atoms with Gasteiger partial charge in [0.15, 0.2) is 0 Å². The van der Waals surface area contributed by atoms with E-state index in [0.717, 1.165) is 33.6 Å². The number of fused-ring (bicyclic) bond motifs is 1. The van der Waals surface area contributed by atoms with Gasteiger partial charge >= 0.3 is 0 Å². The lowest BCUT2D eigenvalue weighted by Gasteiger charge is -2.06. The molecule has 2 aromatic heterocycles. The van der Waals surface area contributed by atoms with Gasteiger partial charge in [-0.2, -0.15) is 9.78 Å². The van der Waals surface area contributed by atoms with Crippen LogP contribution in [0.15, 0.2) is 60.7 Å². The van der Waals surface area contributed by atoms with Crippen molar-refractivity contribution in [1.29, 1.82) is 0 Å². The number of ether oxygens (including phenoxy) is 1. The summed E-state index contributed by atoms with van der Waals surface area (Å²) in [4.78, 5) is 15.8. The number of carbonyl (C=O) groups excluding carboxylic acids is 1. The number of aromatic nitrogens is 3. The van der Waals surface area contributed by atoms with Crippen molar-refractivity contribution in [3.8, 4) is 5.75 Å². The van der Waals surface area contributed by atoms with Gasteiger partial charge in [-0.15, -0.1) is 0 Å². The van der Waals surface area contributed by atoms with Crippen molar-refractivity contribution in [3.63, 3.8) is 0 Å². The molecule has 2 aromatic carbocycles. The van der Waals surface area contributed by atoms with Crippen molar-refractivity contribution in [2.45, 2.75) is 20.5 Å². The molecule has 0 aliphatic carbocycles. The van der Waals surface area contributed by atoms with E-state index in [1.807, 2.05) is 74.5 Å². The number of aromatic amines is 1. The first-order chi connectivity index (χ1) is 12.6. The molecule has 2 heterocycles. The minimum atomic E-state index is -0.168. The Labute approximate surface area is 151 Å². The topological polar surface area (TPSA) is 59.9 Å². The van der Waals surface area contributed by atoms with Gasteiger partial charge in [-0.25, -0.2) is 0 Å². The SMILES string of the molecule is Cc1cc(C)n(C(=O)c2cc3cc(OCc4ccccc4)ccc3[nH]2)n1. The molecule has 5 heteroatoms. The van der Waals surface area contributed by atoms with Crippen LogP contribution in [0.3, 0.4) is 0 Å². The van der Waals surface area contributed by atoms with E-state index >= 15 is 0 Å². The summed E-state index contributed by atoms with van der Waals surface area (Å²) in [6.07, 6.45) is 0. The van der Waals surface area contributed by atoms with Crippen molar-refractivity contribution in [2.24, 2.45) is 0 Å². The zero-order valence-electron chi connectivity index (χ0n) is 14.7. The first-order valence-corrected chi connectivity index (χ1v) is 8.47. The molecule has 0 saturated heterocycles. The van der Waals surface area contributed by atoms with Gasteiger partial charge in [0.1, 0.15) is 18.1 Å². The predicted octanol–water partition coefficient (Wildman–Crippen LogP) is 4.25. The molecule has 0 spiro atoms. The number of rotatable bonds is 4. The lowest BCUT2D eigenvalue weighted by atomic mass is 10.2. The van der Waals surface area contributed by atoms with E-state index in [-0.39, 0.29) is 5.91 Å². The average Bonchev–Trinajstić information content (AvgIpc) is 3.22. The summed E-state index contributed by atoms with van der Waals surface area (Å²) in [5, 5.41) is 5.19. The van der Waals surface area contributed by atoms with Crippen LogP contribution in [-0.2, 0) is 6.61 Å². The monoisotopic (exact) mass is 345 g/mol. The van der Waals surface area contributed by atoms with Crippen LogP contribution >= 0.6 is 0 Å². The molecule has 0 amide bonds. The molecule has 0 aliphatic rings. The number of benzene rings is 2. The van der Waals surface area contributed by atoms with E-state index in [1.54, 1.807) is 0 Å². The fourth-order valence-corrected chi connectivity index (χ4v) is 3.01. The summed E-state index contributed by atoms with van der Waals surface area (Å²) in [6.45, 7) is 4.25. The number of hydrogen-bond acceptors (Lipinski definition) is 3. The third-order valence-electron chi connectivity index (χ3n) is 4.27. The quantitative estimate of drug-likeness (QED) is 0.601. The van der Waals surface area contributed by atoms with Crippen molar-refractivity contribution < 1.29 is 9.53 Å². The minimum absolute atomic E-state index is 0.168. The smallest absolute Gasteiger partial charge is 0.294 e. The van der Waals surface area contributed by atoms with Gasteiger partial charge in [0.25, 0.3) is 5.91 Å². The van der Waals surface area contributed by atoms with Crippen LogP contribution in [0.4, 0.5) is 0 Å². The summed E-state index contributed by atoms with van der Waals surface area (Å²) < 4.78 is 7.28. The van der Waals surface area contributed by atoms with Crippen LogP contribution in [0.1, 0.15) is 27.4 Å². The zero-order valence-corrected chi connectivity index (χ0v) is 14.7. The second-order valence-electron chi connectivity index (χ2n) is 6.35. The van der Waals surface area contributed by atoms with Crippen molar-refractivity contribution in [1.82, 2.24) is 14.8 Å². The molecule has 0 unspecified atom stereocenters. The molecule has 0 saturated carbocycles. The maximum Gasteiger partial charge on any atom is 0.294 e. The highest BCUT2D eigenvalue weighted by molar-refractivity contribution is 5.99. The number of H-pyrrole nitrogens is 1. The number of aryl methyl sites for hydroxylation is 2. The van der Waals surface area contributed by atoms with Gasteiger partial charge in [-0.1, -0.05) is 30.3 Å². The Balaban J connectivity index is 1.57. The van der Waals surface area contributed by atoms with E-state index in [1.165, 1.54) is 4.68 Å². The van der Waals surface area contributed by atoms with Crippen LogP contribution in [0.25, 0.3) is 10.9 Å². The van der Waals surface area contributed by atoms with Crippen LogP contribution < -0.4 is 4.74 Å². The highest BCUT2D eigenvalue weighted by atomic mass is 16.5. The Morgan fingerprint density at radius 3 is 2.62 bits per heavy atom. The Morgan fingerprint density at radius 2 is 1.88 bits per heavy atom. The van der Waals surface area contributed by atoms with Crippen LogP contribution in [0.5, 0.6) is 5.75 Å². The number of nitrogens with zero attached hydrogens (tertiary/aromatic N) is 2. The molecule has 0 radical (unpaired) electrons. The van der Waals surface area contributed by atoms with Crippen LogP contribution in [0.2, 0.25) is 0 Å². The second-order valence-corrected chi connectivity index (χ2v) is 6.35. The first-order valence-electron chi connectivity index (χ1n) is 8.47. The normalized spacial score (nSPS) is 11.0. The third-order valence-corrected chi connectivity index (χ3v) is 4.27. The molecule has 4 rings (SSSR count). The maximum absolute atomic E-state index is 12.7. The van der Waals surface area contributed by atoms with Gasteiger partial charge < -0.3 is 9.72 Å². The number of carbonyl (C=O) groups is 1. The molecule has 26 heavy (non-hydrogen) atoms. The molecular formula is C21H19N3O2. The average molecular weight is 345 g/mol. The van der Waals surface area contributed by atoms with Gasteiger partial charge in [0.2, 0.25) is 0 Å². The number of hydrogen-bond donors (Lipinski definition) is 1. The molecular weight excluding hydrogens is 326 g/mol. The molecule has 130 valence electrons. The predicted molar refractivity (Wildman–Crippen MR) is 101 cm³/mol. The third kappa shape index (κ3) is 3.11. The highest BCUT2D eigenvalue weighted by Gasteiger charge is 2.15. The molecule has 0 aliphatic heterocycles. The van der Waals surface area contributed by atoms with E-state index in [2.05, 4.69) is 10.1 Å². The Kier molecular flexibility index (Phi) is 4.05. The second kappa shape index (κ2) is 6.52. The number of nitrogens with one attached hydrogen (secondary N) is 1. The molecule has 0 bridgehead atoms. The molecule has 0 atom stereocenters. The first kappa shape index (κ1) is 16.1. The lowest BCUT2D eigenvalue weighted by Crippen LogP contribution is -2.15. The summed E-state index contributed by atoms with van der Waals surface area (Å²) in [7, 11) is 0. The highest BCUT2D eigenvalue weighted by Crippen LogP contribution is 2.23. The molecule has 1 N–H and O–H groups in total.